The summed E-state index contributed by atoms with van der Waals surface area (Å²) in [4.78, 5) is 20.8. The second-order valence-electron chi connectivity index (χ2n) is 6.58. The summed E-state index contributed by atoms with van der Waals surface area (Å²) >= 11 is 1.39. The van der Waals surface area contributed by atoms with Gasteiger partial charge in [0.05, 0.1) is 17.3 Å². The first-order valence-corrected chi connectivity index (χ1v) is 9.85. The third-order valence-electron chi connectivity index (χ3n) is 4.84. The quantitative estimate of drug-likeness (QED) is 0.233. The molecule has 2 heterocycles. The Morgan fingerprint density at radius 3 is 2.57 bits per heavy atom. The third-order valence-corrected chi connectivity index (χ3v) is 5.77. The number of ketones is 1. The van der Waals surface area contributed by atoms with Crippen molar-refractivity contribution in [1.82, 2.24) is 4.98 Å². The Kier molecular flexibility index (Phi) is 4.14. The highest BCUT2D eigenvalue weighted by atomic mass is 32.1. The van der Waals surface area contributed by atoms with E-state index in [0.29, 0.717) is 33.0 Å². The predicted molar refractivity (Wildman–Crippen MR) is 115 cm³/mol. The lowest BCUT2D eigenvalue weighted by Gasteiger charge is -2.01. The van der Waals surface area contributed by atoms with Crippen LogP contribution in [0.3, 0.4) is 0 Å². The van der Waals surface area contributed by atoms with Gasteiger partial charge in [-0.1, -0.05) is 54.6 Å². The topological polar surface area (TPSA) is 71.2 Å². The van der Waals surface area contributed by atoms with Crippen LogP contribution in [-0.2, 0) is 0 Å². The van der Waals surface area contributed by atoms with E-state index in [9.17, 15) is 10.1 Å². The number of aromatic nitrogens is 1. The summed E-state index contributed by atoms with van der Waals surface area (Å²) in [6.45, 7) is 7.35. The van der Waals surface area contributed by atoms with E-state index >= 15 is 0 Å². The lowest BCUT2D eigenvalue weighted by molar-refractivity contribution is 0.104. The van der Waals surface area contributed by atoms with Gasteiger partial charge in [0.2, 0.25) is 5.71 Å². The third kappa shape index (κ3) is 2.76. The van der Waals surface area contributed by atoms with Gasteiger partial charge in [0.15, 0.2) is 5.78 Å². The van der Waals surface area contributed by atoms with Crippen molar-refractivity contribution >= 4 is 39.2 Å². The number of hydrogen-bond donors (Lipinski definition) is 0. The zero-order valence-electron chi connectivity index (χ0n) is 15.4. The number of nitrogens with zero attached hydrogens (tertiary/aromatic N) is 3. The zero-order chi connectivity index (χ0) is 20.7. The van der Waals surface area contributed by atoms with Crippen molar-refractivity contribution in [2.24, 2.45) is 0 Å². The molecule has 1 aliphatic rings. The standard InChI is InChI=1S/C24H11N3O2S/c1-26-18(13-25)22-15-9-5-6-10-16(15)23(28)17(22)11-21-27-24-20(30-21)12-19(29-24)14-7-3-2-4-8-14/h2-12H/b17-11-,22-18-. The maximum atomic E-state index is 13.0. The van der Waals surface area contributed by atoms with Crippen molar-refractivity contribution in [1.29, 1.82) is 5.26 Å². The van der Waals surface area contributed by atoms with E-state index in [1.165, 1.54) is 11.3 Å². The molecular weight excluding hydrogens is 394 g/mol. The van der Waals surface area contributed by atoms with Crippen LogP contribution in [0.2, 0.25) is 0 Å². The van der Waals surface area contributed by atoms with E-state index in [2.05, 4.69) is 9.83 Å². The van der Waals surface area contributed by atoms with Gasteiger partial charge in [-0.25, -0.2) is 15.1 Å². The van der Waals surface area contributed by atoms with Gasteiger partial charge in [-0.3, -0.25) is 4.79 Å². The summed E-state index contributed by atoms with van der Waals surface area (Å²) in [7, 11) is 0. The first-order valence-electron chi connectivity index (χ1n) is 9.03. The van der Waals surface area contributed by atoms with Gasteiger partial charge >= 0.3 is 0 Å². The number of allylic oxidation sites excluding steroid dienone is 3. The molecule has 0 amide bonds. The Morgan fingerprint density at radius 2 is 1.87 bits per heavy atom. The van der Waals surface area contributed by atoms with E-state index in [-0.39, 0.29) is 11.5 Å². The summed E-state index contributed by atoms with van der Waals surface area (Å²) < 4.78 is 6.74. The molecule has 0 N–H and O–H groups in total. The van der Waals surface area contributed by atoms with Gasteiger partial charge < -0.3 is 4.42 Å². The maximum absolute atomic E-state index is 13.0. The van der Waals surface area contributed by atoms with Gasteiger partial charge in [-0.15, -0.1) is 11.3 Å². The summed E-state index contributed by atoms with van der Waals surface area (Å²) in [6.07, 6.45) is 1.64. The molecule has 6 heteroatoms. The molecule has 0 unspecified atom stereocenters. The Labute approximate surface area is 175 Å². The molecule has 0 aliphatic heterocycles. The van der Waals surface area contributed by atoms with Crippen LogP contribution in [0.4, 0.5) is 0 Å². The molecule has 2 aromatic heterocycles. The number of Topliss-reactive ketones (excluding diaryl/α,β-unsaturated/α-hetero) is 1. The summed E-state index contributed by atoms with van der Waals surface area (Å²) in [5.74, 6) is 0.516. The van der Waals surface area contributed by atoms with Crippen molar-refractivity contribution in [2.45, 2.75) is 0 Å². The molecule has 30 heavy (non-hydrogen) atoms. The fourth-order valence-electron chi connectivity index (χ4n) is 3.51. The molecule has 0 saturated heterocycles. The smallest absolute Gasteiger partial charge is 0.270 e. The van der Waals surface area contributed by atoms with E-state index in [1.807, 2.05) is 42.5 Å². The van der Waals surface area contributed by atoms with Gasteiger partial charge in [0, 0.05) is 28.3 Å². The SMILES string of the molecule is [C-]#[N+]/C(C#N)=C1\C(=C\c2nc3oc(-c4ccccc4)cc3s2)C(=O)c2ccccc21. The summed E-state index contributed by atoms with van der Waals surface area (Å²) in [5.41, 5.74) is 3.11. The highest BCUT2D eigenvalue weighted by Crippen LogP contribution is 2.41. The molecule has 0 bridgehead atoms. The average Bonchev–Trinajstić information content (AvgIpc) is 3.42. The van der Waals surface area contributed by atoms with E-state index in [1.54, 1.807) is 30.3 Å². The van der Waals surface area contributed by atoms with Gasteiger partial charge in [0.25, 0.3) is 5.70 Å². The second-order valence-corrected chi connectivity index (χ2v) is 7.64. The average molecular weight is 405 g/mol. The number of hydrogen-bond acceptors (Lipinski definition) is 5. The van der Waals surface area contributed by atoms with Crippen LogP contribution in [0.15, 0.2) is 76.4 Å². The molecule has 0 atom stereocenters. The number of carbonyl (C=O) groups is 1. The lowest BCUT2D eigenvalue weighted by Crippen LogP contribution is -1.95. The maximum Gasteiger partial charge on any atom is 0.270 e. The molecule has 5 rings (SSSR count). The predicted octanol–water partition coefficient (Wildman–Crippen LogP) is 5.99. The van der Waals surface area contributed by atoms with Crippen molar-refractivity contribution in [3.05, 3.63) is 99.5 Å². The zero-order valence-corrected chi connectivity index (χ0v) is 16.2. The van der Waals surface area contributed by atoms with E-state index in [0.717, 1.165) is 16.0 Å². The van der Waals surface area contributed by atoms with Crippen LogP contribution < -0.4 is 0 Å². The molecule has 0 saturated carbocycles. The molecule has 1 aliphatic carbocycles. The fourth-order valence-corrected chi connectivity index (χ4v) is 4.38. The normalized spacial score (nSPS) is 15.8. The number of furan rings is 1. The number of carbonyl (C=O) groups excluding carboxylic acids is 1. The first kappa shape index (κ1) is 17.8. The number of fused-ring (bicyclic) bond motifs is 2. The van der Waals surface area contributed by atoms with Crippen LogP contribution in [0.1, 0.15) is 20.9 Å². The summed E-state index contributed by atoms with van der Waals surface area (Å²) in [6, 6.07) is 20.6. The molecule has 0 fully saturated rings. The number of benzene rings is 2. The van der Waals surface area contributed by atoms with Gasteiger partial charge in [0.1, 0.15) is 10.8 Å². The Morgan fingerprint density at radius 1 is 1.13 bits per heavy atom. The Balaban J connectivity index is 1.62. The fraction of sp³-hybridized carbons (Fsp3) is 0. The minimum Gasteiger partial charge on any atom is -0.437 e. The largest absolute Gasteiger partial charge is 0.437 e. The molecule has 0 spiro atoms. The van der Waals surface area contributed by atoms with Crippen LogP contribution in [0.5, 0.6) is 0 Å². The minimum atomic E-state index is -0.214. The van der Waals surface area contributed by atoms with Gasteiger partial charge in [-0.05, 0) is 11.6 Å². The molecule has 5 nitrogen and oxygen atoms in total. The van der Waals surface area contributed by atoms with Crippen LogP contribution >= 0.6 is 11.3 Å². The van der Waals surface area contributed by atoms with E-state index < -0.39 is 0 Å². The minimum absolute atomic E-state index is 0.105. The van der Waals surface area contributed by atoms with Crippen LogP contribution in [-0.4, -0.2) is 10.8 Å². The monoisotopic (exact) mass is 405 g/mol. The second kappa shape index (κ2) is 6.97. The highest BCUT2D eigenvalue weighted by Gasteiger charge is 2.32. The number of rotatable bonds is 2. The van der Waals surface area contributed by atoms with Crippen molar-refractivity contribution in [2.75, 3.05) is 0 Å². The molecule has 140 valence electrons. The number of thiazole rings is 1. The van der Waals surface area contributed by atoms with E-state index in [4.69, 9.17) is 11.0 Å². The Hall–Kier alpha value is -4.26. The summed E-state index contributed by atoms with van der Waals surface area (Å²) in [5, 5.41) is 10.00. The molecule has 2 aromatic carbocycles. The molecule has 4 aromatic rings. The lowest BCUT2D eigenvalue weighted by atomic mass is 10.0. The van der Waals surface area contributed by atoms with Crippen molar-refractivity contribution in [3.8, 4) is 17.4 Å². The van der Waals surface area contributed by atoms with Crippen molar-refractivity contribution < 1.29 is 9.21 Å². The number of nitriles is 1. The molecular formula is C24H11N3O2S. The molecule has 0 radical (unpaired) electrons. The van der Waals surface area contributed by atoms with Crippen LogP contribution in [0.25, 0.3) is 38.2 Å². The Bertz CT molecular complexity index is 1430. The first-order chi connectivity index (χ1) is 14.7. The van der Waals surface area contributed by atoms with Crippen LogP contribution in [0, 0.1) is 17.9 Å². The van der Waals surface area contributed by atoms with Crippen molar-refractivity contribution in [3.63, 3.8) is 0 Å². The van der Waals surface area contributed by atoms with Gasteiger partial charge in [-0.2, -0.15) is 0 Å². The highest BCUT2D eigenvalue weighted by molar-refractivity contribution is 7.19.